The minimum Gasteiger partial charge on any atom is -0.490 e. The number of nitrogens with one attached hydrogen (secondary N) is 1. The summed E-state index contributed by atoms with van der Waals surface area (Å²) in [6.45, 7) is 11.3. The predicted molar refractivity (Wildman–Crippen MR) is 92.7 cm³/mol. The summed E-state index contributed by atoms with van der Waals surface area (Å²) in [5, 5.41) is 3.09. The second-order valence-corrected chi connectivity index (χ2v) is 5.94. The smallest absolute Gasteiger partial charge is 0.224 e. The third-order valence-corrected chi connectivity index (χ3v) is 3.69. The molecule has 0 aromatic heterocycles. The minimum atomic E-state index is -0.203. The van der Waals surface area contributed by atoms with Crippen molar-refractivity contribution in [3.8, 4) is 11.5 Å². The molecule has 5 nitrogen and oxygen atoms in total. The normalized spacial score (nSPS) is 13.5. The zero-order valence-corrected chi connectivity index (χ0v) is 14.9. The maximum absolute atomic E-state index is 12.2. The van der Waals surface area contributed by atoms with Gasteiger partial charge >= 0.3 is 0 Å². The summed E-state index contributed by atoms with van der Waals surface area (Å²) in [6, 6.07) is 5.74. The topological polar surface area (TPSA) is 73.6 Å². The van der Waals surface area contributed by atoms with Gasteiger partial charge in [-0.3, -0.25) is 4.79 Å². The van der Waals surface area contributed by atoms with E-state index in [4.69, 9.17) is 15.2 Å². The molecule has 0 fully saturated rings. The van der Waals surface area contributed by atoms with Gasteiger partial charge in [-0.2, -0.15) is 0 Å². The van der Waals surface area contributed by atoms with Crippen molar-refractivity contribution >= 4 is 5.91 Å². The number of hydrogen-bond donors (Lipinski definition) is 2. The van der Waals surface area contributed by atoms with Gasteiger partial charge in [0.2, 0.25) is 5.91 Å². The zero-order valence-electron chi connectivity index (χ0n) is 14.9. The minimum absolute atomic E-state index is 0.0296. The van der Waals surface area contributed by atoms with Crippen molar-refractivity contribution in [3.63, 3.8) is 0 Å². The van der Waals surface area contributed by atoms with E-state index >= 15 is 0 Å². The number of carbonyl (C=O) groups excluding carboxylic acids is 1. The van der Waals surface area contributed by atoms with Crippen LogP contribution in [0.2, 0.25) is 0 Å². The maximum atomic E-state index is 12.2. The van der Waals surface area contributed by atoms with Crippen molar-refractivity contribution in [2.24, 2.45) is 17.6 Å². The summed E-state index contributed by atoms with van der Waals surface area (Å²) in [5.41, 5.74) is 6.59. The number of amides is 1. The first-order valence-electron chi connectivity index (χ1n) is 8.34. The molecule has 0 heterocycles. The standard InChI is InChI=1S/C18H30N2O3/c1-6-22-15-9-8-14(10-16(15)23-7-2)17(12(3)4)20-18(21)13(5)11-19/h8-10,12-13,17H,6-7,11,19H2,1-5H3,(H,20,21). The number of rotatable bonds is 9. The summed E-state index contributed by atoms with van der Waals surface area (Å²) >= 11 is 0. The number of hydrogen-bond acceptors (Lipinski definition) is 4. The van der Waals surface area contributed by atoms with Gasteiger partial charge in [-0.1, -0.05) is 26.8 Å². The molecule has 1 aromatic rings. The highest BCUT2D eigenvalue weighted by Crippen LogP contribution is 2.33. The molecule has 23 heavy (non-hydrogen) atoms. The largest absolute Gasteiger partial charge is 0.490 e. The monoisotopic (exact) mass is 322 g/mol. The molecule has 2 unspecified atom stereocenters. The van der Waals surface area contributed by atoms with Crippen LogP contribution in [0.4, 0.5) is 0 Å². The van der Waals surface area contributed by atoms with Gasteiger partial charge in [0.15, 0.2) is 11.5 Å². The Hall–Kier alpha value is -1.75. The molecule has 2 atom stereocenters. The van der Waals surface area contributed by atoms with Gasteiger partial charge in [0.1, 0.15) is 0 Å². The van der Waals surface area contributed by atoms with Crippen molar-refractivity contribution in [3.05, 3.63) is 23.8 Å². The molecular weight excluding hydrogens is 292 g/mol. The zero-order chi connectivity index (χ0) is 17.4. The average molecular weight is 322 g/mol. The molecule has 5 heteroatoms. The molecule has 0 bridgehead atoms. The summed E-state index contributed by atoms with van der Waals surface area (Å²) in [4.78, 5) is 12.2. The number of carbonyl (C=O) groups is 1. The molecule has 0 aliphatic carbocycles. The average Bonchev–Trinajstić information content (AvgIpc) is 2.53. The predicted octanol–water partition coefficient (Wildman–Crippen LogP) is 2.89. The number of ether oxygens (including phenoxy) is 2. The van der Waals surface area contributed by atoms with Gasteiger partial charge in [0.05, 0.1) is 19.3 Å². The van der Waals surface area contributed by atoms with E-state index in [1.807, 2.05) is 39.0 Å². The van der Waals surface area contributed by atoms with Gasteiger partial charge < -0.3 is 20.5 Å². The Kier molecular flexibility index (Phi) is 7.89. The quantitative estimate of drug-likeness (QED) is 0.733. The molecule has 0 saturated heterocycles. The van der Waals surface area contributed by atoms with E-state index in [1.165, 1.54) is 0 Å². The van der Waals surface area contributed by atoms with Gasteiger partial charge in [0, 0.05) is 12.5 Å². The fraction of sp³-hybridized carbons (Fsp3) is 0.611. The van der Waals surface area contributed by atoms with Crippen LogP contribution < -0.4 is 20.5 Å². The maximum Gasteiger partial charge on any atom is 0.224 e. The fourth-order valence-electron chi connectivity index (χ4n) is 2.30. The van der Waals surface area contributed by atoms with Crippen LogP contribution in [0.15, 0.2) is 18.2 Å². The lowest BCUT2D eigenvalue weighted by Gasteiger charge is -2.25. The molecule has 1 rings (SSSR count). The highest BCUT2D eigenvalue weighted by molar-refractivity contribution is 5.79. The van der Waals surface area contributed by atoms with Gasteiger partial charge in [-0.05, 0) is 37.5 Å². The summed E-state index contributed by atoms with van der Waals surface area (Å²) in [7, 11) is 0. The molecular formula is C18H30N2O3. The molecule has 130 valence electrons. The first kappa shape index (κ1) is 19.3. The lowest BCUT2D eigenvalue weighted by atomic mass is 9.95. The number of nitrogens with two attached hydrogens (primary N) is 1. The molecule has 0 radical (unpaired) electrons. The highest BCUT2D eigenvalue weighted by Gasteiger charge is 2.22. The van der Waals surface area contributed by atoms with Crippen LogP contribution >= 0.6 is 0 Å². The van der Waals surface area contributed by atoms with Crippen LogP contribution in [0, 0.1) is 11.8 Å². The summed E-state index contributed by atoms with van der Waals surface area (Å²) < 4.78 is 11.3. The molecule has 1 aromatic carbocycles. The van der Waals surface area contributed by atoms with E-state index in [-0.39, 0.29) is 23.8 Å². The van der Waals surface area contributed by atoms with E-state index in [1.54, 1.807) is 0 Å². The Morgan fingerprint density at radius 3 is 2.26 bits per heavy atom. The van der Waals surface area contributed by atoms with Gasteiger partial charge in [-0.15, -0.1) is 0 Å². The number of benzene rings is 1. The molecule has 0 aliphatic rings. The van der Waals surface area contributed by atoms with Gasteiger partial charge in [0.25, 0.3) is 0 Å². The SMILES string of the molecule is CCOc1ccc(C(NC(=O)C(C)CN)C(C)C)cc1OCC. The van der Waals surface area contributed by atoms with E-state index in [9.17, 15) is 4.79 Å². The Labute approximate surface area is 139 Å². The Morgan fingerprint density at radius 2 is 1.74 bits per heavy atom. The molecule has 0 saturated carbocycles. The van der Waals surface area contributed by atoms with Crippen LogP contribution in [0.5, 0.6) is 11.5 Å². The van der Waals surface area contributed by atoms with Crippen LogP contribution in [0.3, 0.4) is 0 Å². The molecule has 0 spiro atoms. The third kappa shape index (κ3) is 5.43. The second kappa shape index (κ2) is 9.40. The van der Waals surface area contributed by atoms with Crippen LogP contribution in [0.1, 0.15) is 46.2 Å². The first-order chi connectivity index (χ1) is 10.9. The first-order valence-corrected chi connectivity index (χ1v) is 8.34. The summed E-state index contributed by atoms with van der Waals surface area (Å²) in [5.74, 6) is 1.44. The fourth-order valence-corrected chi connectivity index (χ4v) is 2.30. The van der Waals surface area contributed by atoms with Crippen molar-refractivity contribution < 1.29 is 14.3 Å². The lowest BCUT2D eigenvalue weighted by Crippen LogP contribution is -2.37. The molecule has 3 N–H and O–H groups in total. The summed E-state index contributed by atoms with van der Waals surface area (Å²) in [6.07, 6.45) is 0. The second-order valence-electron chi connectivity index (χ2n) is 5.94. The van der Waals surface area contributed by atoms with Crippen molar-refractivity contribution in [1.29, 1.82) is 0 Å². The third-order valence-electron chi connectivity index (χ3n) is 3.69. The van der Waals surface area contributed by atoms with Crippen LogP contribution in [0.25, 0.3) is 0 Å². The van der Waals surface area contributed by atoms with Gasteiger partial charge in [-0.25, -0.2) is 0 Å². The lowest BCUT2D eigenvalue weighted by molar-refractivity contribution is -0.125. The van der Waals surface area contributed by atoms with E-state index in [2.05, 4.69) is 19.2 Å². The Balaban J connectivity index is 3.07. The van der Waals surface area contributed by atoms with E-state index in [0.717, 1.165) is 11.3 Å². The van der Waals surface area contributed by atoms with Crippen molar-refractivity contribution in [1.82, 2.24) is 5.32 Å². The Bertz CT molecular complexity index is 503. The van der Waals surface area contributed by atoms with Crippen molar-refractivity contribution in [2.45, 2.75) is 40.7 Å². The van der Waals surface area contributed by atoms with Crippen molar-refractivity contribution in [2.75, 3.05) is 19.8 Å². The van der Waals surface area contributed by atoms with E-state index < -0.39 is 0 Å². The Morgan fingerprint density at radius 1 is 1.13 bits per heavy atom. The van der Waals surface area contributed by atoms with Crippen LogP contribution in [-0.4, -0.2) is 25.7 Å². The molecule has 1 amide bonds. The van der Waals surface area contributed by atoms with E-state index in [0.29, 0.717) is 25.5 Å². The molecule has 0 aliphatic heterocycles. The highest BCUT2D eigenvalue weighted by atomic mass is 16.5. The van der Waals surface area contributed by atoms with Crippen LogP contribution in [-0.2, 0) is 4.79 Å².